The van der Waals surface area contributed by atoms with Crippen LogP contribution in [0.4, 0.5) is 0 Å². The Hall–Kier alpha value is -1.23. The molecule has 1 aromatic heterocycles. The molecule has 0 N–H and O–H groups in total. The molecule has 0 saturated heterocycles. The third-order valence-electron chi connectivity index (χ3n) is 3.45. The van der Waals surface area contributed by atoms with Gasteiger partial charge in [0, 0.05) is 6.54 Å². The van der Waals surface area contributed by atoms with Crippen molar-refractivity contribution in [1.82, 2.24) is 19.9 Å². The Kier molecular flexibility index (Phi) is 4.40. The fourth-order valence-electron chi connectivity index (χ4n) is 1.77. The summed E-state index contributed by atoms with van der Waals surface area (Å²) >= 11 is 0. The number of Topliss-reactive ketones (excluding diaryl/α,β-unsaturated/α-hetero) is 1. The molecule has 96 valence electrons. The summed E-state index contributed by atoms with van der Waals surface area (Å²) in [5, 5.41) is 7.80. The molecule has 5 heteroatoms. The van der Waals surface area contributed by atoms with Gasteiger partial charge in [-0.25, -0.2) is 4.68 Å². The van der Waals surface area contributed by atoms with E-state index in [9.17, 15) is 4.79 Å². The van der Waals surface area contributed by atoms with Gasteiger partial charge in [-0.05, 0) is 33.9 Å². The van der Waals surface area contributed by atoms with Crippen molar-refractivity contribution in [2.45, 2.75) is 45.7 Å². The van der Waals surface area contributed by atoms with Crippen LogP contribution in [0.1, 0.15) is 44.1 Å². The van der Waals surface area contributed by atoms with Crippen molar-refractivity contribution >= 4 is 5.78 Å². The van der Waals surface area contributed by atoms with Gasteiger partial charge in [0.15, 0.2) is 0 Å². The smallest absolute Gasteiger partial charge is 0.202 e. The van der Waals surface area contributed by atoms with Crippen LogP contribution in [0.5, 0.6) is 0 Å². The van der Waals surface area contributed by atoms with Crippen LogP contribution in [0, 0.1) is 0 Å². The molecule has 5 nitrogen and oxygen atoms in total. The Labute approximate surface area is 103 Å². The minimum atomic E-state index is -0.493. The number of hydrogen-bond donors (Lipinski definition) is 0. The van der Waals surface area contributed by atoms with Gasteiger partial charge in [0.25, 0.3) is 0 Å². The molecule has 0 bridgehead atoms. The summed E-state index contributed by atoms with van der Waals surface area (Å²) in [7, 11) is 3.85. The van der Waals surface area contributed by atoms with Crippen molar-refractivity contribution in [3.8, 4) is 0 Å². The molecular weight excluding hydrogens is 216 g/mol. The molecular formula is C12H22N4O. The van der Waals surface area contributed by atoms with E-state index in [1.54, 1.807) is 10.9 Å². The minimum Gasteiger partial charge on any atom is -0.297 e. The number of hydrogen-bond acceptors (Lipinski definition) is 4. The molecule has 0 aliphatic rings. The number of aryl methyl sites for hydroxylation is 1. The lowest BCUT2D eigenvalue weighted by Crippen LogP contribution is -2.48. The minimum absolute atomic E-state index is 0.0865. The molecule has 1 aromatic rings. The van der Waals surface area contributed by atoms with E-state index >= 15 is 0 Å². The lowest BCUT2D eigenvalue weighted by Gasteiger charge is -2.33. The number of carbonyl (C=O) groups is 1. The van der Waals surface area contributed by atoms with Crippen molar-refractivity contribution < 1.29 is 4.79 Å². The highest BCUT2D eigenvalue weighted by Gasteiger charge is 2.36. The van der Waals surface area contributed by atoms with Crippen LogP contribution in [-0.4, -0.2) is 45.3 Å². The summed E-state index contributed by atoms with van der Waals surface area (Å²) in [4.78, 5) is 14.5. The monoisotopic (exact) mass is 238 g/mol. The van der Waals surface area contributed by atoms with Crippen LogP contribution >= 0.6 is 0 Å². The maximum atomic E-state index is 12.6. The topological polar surface area (TPSA) is 51.0 Å². The van der Waals surface area contributed by atoms with E-state index in [2.05, 4.69) is 17.2 Å². The normalized spacial score (nSPS) is 14.9. The predicted octanol–water partition coefficient (Wildman–Crippen LogP) is 1.60. The van der Waals surface area contributed by atoms with Crippen LogP contribution in [0.15, 0.2) is 6.20 Å². The standard InChI is InChI=1S/C12H22N4O/c1-6-8-16-10(9-13-14-16)11(17)12(3,7-2)15(4)5/h9H,6-8H2,1-5H3. The first-order chi connectivity index (χ1) is 7.97. The summed E-state index contributed by atoms with van der Waals surface area (Å²) in [6.45, 7) is 6.76. The van der Waals surface area contributed by atoms with Crippen molar-refractivity contribution in [1.29, 1.82) is 0 Å². The third kappa shape index (κ3) is 2.54. The molecule has 0 spiro atoms. The van der Waals surface area contributed by atoms with Crippen LogP contribution < -0.4 is 0 Å². The van der Waals surface area contributed by atoms with Gasteiger partial charge in [-0.1, -0.05) is 19.1 Å². The van der Waals surface area contributed by atoms with E-state index < -0.39 is 5.54 Å². The molecule has 0 fully saturated rings. The third-order valence-corrected chi connectivity index (χ3v) is 3.45. The average Bonchev–Trinajstić information content (AvgIpc) is 2.75. The molecule has 1 heterocycles. The van der Waals surface area contributed by atoms with E-state index in [1.807, 2.05) is 32.8 Å². The number of ketones is 1. The van der Waals surface area contributed by atoms with Gasteiger partial charge >= 0.3 is 0 Å². The fourth-order valence-corrected chi connectivity index (χ4v) is 1.77. The van der Waals surface area contributed by atoms with Crippen LogP contribution in [0.2, 0.25) is 0 Å². The van der Waals surface area contributed by atoms with Crippen LogP contribution in [0.3, 0.4) is 0 Å². The van der Waals surface area contributed by atoms with Gasteiger partial charge in [0.2, 0.25) is 5.78 Å². The highest BCUT2D eigenvalue weighted by molar-refractivity contribution is 6.01. The molecule has 1 atom stereocenters. The second-order valence-corrected chi connectivity index (χ2v) is 4.69. The fraction of sp³-hybridized carbons (Fsp3) is 0.750. The van der Waals surface area contributed by atoms with E-state index in [0.717, 1.165) is 19.4 Å². The first-order valence-electron chi connectivity index (χ1n) is 6.08. The van der Waals surface area contributed by atoms with Crippen LogP contribution in [-0.2, 0) is 6.54 Å². The Morgan fingerprint density at radius 3 is 2.59 bits per heavy atom. The van der Waals surface area contributed by atoms with E-state index in [1.165, 1.54) is 0 Å². The van der Waals surface area contributed by atoms with Gasteiger partial charge in [-0.2, -0.15) is 0 Å². The van der Waals surface area contributed by atoms with E-state index in [-0.39, 0.29) is 5.78 Å². The average molecular weight is 238 g/mol. The number of carbonyl (C=O) groups excluding carboxylic acids is 1. The van der Waals surface area contributed by atoms with Crippen molar-refractivity contribution in [3.63, 3.8) is 0 Å². The molecule has 0 radical (unpaired) electrons. The lowest BCUT2D eigenvalue weighted by molar-refractivity contribution is 0.0698. The highest BCUT2D eigenvalue weighted by atomic mass is 16.1. The summed E-state index contributed by atoms with van der Waals surface area (Å²) in [6.07, 6.45) is 3.26. The van der Waals surface area contributed by atoms with Gasteiger partial charge < -0.3 is 0 Å². The molecule has 0 saturated carbocycles. The van der Waals surface area contributed by atoms with Gasteiger partial charge in [-0.15, -0.1) is 5.10 Å². The Morgan fingerprint density at radius 1 is 1.47 bits per heavy atom. The second kappa shape index (κ2) is 5.40. The largest absolute Gasteiger partial charge is 0.297 e. The zero-order valence-corrected chi connectivity index (χ0v) is 11.4. The molecule has 0 aliphatic heterocycles. The number of aromatic nitrogens is 3. The molecule has 0 amide bonds. The van der Waals surface area contributed by atoms with Gasteiger partial charge in [0.1, 0.15) is 5.69 Å². The number of nitrogens with zero attached hydrogens (tertiary/aromatic N) is 4. The number of rotatable bonds is 6. The molecule has 17 heavy (non-hydrogen) atoms. The molecule has 1 unspecified atom stereocenters. The predicted molar refractivity (Wildman–Crippen MR) is 67.0 cm³/mol. The van der Waals surface area contributed by atoms with Crippen molar-refractivity contribution in [2.75, 3.05) is 14.1 Å². The van der Waals surface area contributed by atoms with Crippen LogP contribution in [0.25, 0.3) is 0 Å². The summed E-state index contributed by atoms with van der Waals surface area (Å²) < 4.78 is 1.69. The van der Waals surface area contributed by atoms with Gasteiger partial charge in [0.05, 0.1) is 11.7 Å². The lowest BCUT2D eigenvalue weighted by atomic mass is 9.90. The van der Waals surface area contributed by atoms with E-state index in [4.69, 9.17) is 0 Å². The zero-order chi connectivity index (χ0) is 13.1. The molecule has 0 aromatic carbocycles. The first-order valence-corrected chi connectivity index (χ1v) is 6.08. The van der Waals surface area contributed by atoms with Gasteiger partial charge in [-0.3, -0.25) is 9.69 Å². The summed E-state index contributed by atoms with van der Waals surface area (Å²) in [5.74, 6) is 0.0865. The quantitative estimate of drug-likeness (QED) is 0.706. The van der Waals surface area contributed by atoms with E-state index in [0.29, 0.717) is 5.69 Å². The Morgan fingerprint density at radius 2 is 2.12 bits per heavy atom. The van der Waals surface area contributed by atoms with Crippen molar-refractivity contribution in [3.05, 3.63) is 11.9 Å². The summed E-state index contributed by atoms with van der Waals surface area (Å²) in [6, 6.07) is 0. The first kappa shape index (κ1) is 13.8. The maximum Gasteiger partial charge on any atom is 0.202 e. The zero-order valence-electron chi connectivity index (χ0n) is 11.4. The number of likely N-dealkylation sites (N-methyl/N-ethyl adjacent to an activating group) is 1. The Balaban J connectivity index is 3.06. The maximum absolute atomic E-state index is 12.6. The molecule has 0 aliphatic carbocycles. The summed E-state index contributed by atoms with van der Waals surface area (Å²) in [5.41, 5.74) is 0.109. The highest BCUT2D eigenvalue weighted by Crippen LogP contribution is 2.21. The molecule has 1 rings (SSSR count). The SMILES string of the molecule is CCCn1nncc1C(=O)C(C)(CC)N(C)C. The Bertz CT molecular complexity index is 386. The second-order valence-electron chi connectivity index (χ2n) is 4.69. The van der Waals surface area contributed by atoms with Crippen molar-refractivity contribution in [2.24, 2.45) is 0 Å².